The maximum absolute atomic E-state index is 13.4. The lowest BCUT2D eigenvalue weighted by Crippen LogP contribution is -2.11. The van der Waals surface area contributed by atoms with Gasteiger partial charge in [0.25, 0.3) is 0 Å². The van der Waals surface area contributed by atoms with Crippen LogP contribution in [0, 0.1) is 5.82 Å². The molecule has 2 aromatic rings. The molecule has 0 saturated carbocycles. The van der Waals surface area contributed by atoms with E-state index in [-0.39, 0.29) is 11.9 Å². The van der Waals surface area contributed by atoms with Crippen molar-refractivity contribution in [1.82, 2.24) is 0 Å². The Hall–Kier alpha value is -2.03. The molecule has 0 spiro atoms. The summed E-state index contributed by atoms with van der Waals surface area (Å²) < 4.78 is 19.2. The van der Waals surface area contributed by atoms with Gasteiger partial charge in [0.15, 0.2) is 0 Å². The highest BCUT2D eigenvalue weighted by Crippen LogP contribution is 2.29. The molecule has 3 heteroatoms. The molecule has 0 amide bonds. The third kappa shape index (κ3) is 4.22. The lowest BCUT2D eigenvalue weighted by Gasteiger charge is -2.21. The predicted molar refractivity (Wildman–Crippen MR) is 85.3 cm³/mol. The molecule has 112 valence electrons. The van der Waals surface area contributed by atoms with E-state index in [1.54, 1.807) is 12.1 Å². The van der Waals surface area contributed by atoms with Crippen molar-refractivity contribution < 1.29 is 9.13 Å². The van der Waals surface area contributed by atoms with E-state index in [2.05, 4.69) is 19.2 Å². The first kappa shape index (κ1) is 15.4. The van der Waals surface area contributed by atoms with Gasteiger partial charge < -0.3 is 10.1 Å². The SMILES string of the molecule is CCCOc1ccccc1NC(CC)c1cccc(F)c1. The molecule has 0 radical (unpaired) electrons. The Labute approximate surface area is 126 Å². The van der Waals surface area contributed by atoms with E-state index in [0.29, 0.717) is 6.61 Å². The summed E-state index contributed by atoms with van der Waals surface area (Å²) in [6.07, 6.45) is 1.83. The van der Waals surface area contributed by atoms with Crippen LogP contribution < -0.4 is 10.1 Å². The summed E-state index contributed by atoms with van der Waals surface area (Å²) in [4.78, 5) is 0. The molecule has 1 unspecified atom stereocenters. The number of benzene rings is 2. The molecule has 2 aromatic carbocycles. The standard InChI is InChI=1S/C18H22FNO/c1-3-12-21-18-11-6-5-10-17(18)20-16(4-2)14-8-7-9-15(19)13-14/h5-11,13,16,20H,3-4,12H2,1-2H3. The average Bonchev–Trinajstić information content (AvgIpc) is 2.51. The van der Waals surface area contributed by atoms with Gasteiger partial charge in [-0.05, 0) is 42.7 Å². The minimum Gasteiger partial charge on any atom is -0.491 e. The Bertz CT molecular complexity index is 571. The largest absolute Gasteiger partial charge is 0.491 e. The normalized spacial score (nSPS) is 12.0. The Morgan fingerprint density at radius 3 is 2.62 bits per heavy atom. The smallest absolute Gasteiger partial charge is 0.142 e. The van der Waals surface area contributed by atoms with Crippen LogP contribution in [-0.4, -0.2) is 6.61 Å². The molecule has 0 bridgehead atoms. The maximum Gasteiger partial charge on any atom is 0.142 e. The number of rotatable bonds is 7. The van der Waals surface area contributed by atoms with Crippen LogP contribution in [0.2, 0.25) is 0 Å². The quantitative estimate of drug-likeness (QED) is 0.757. The summed E-state index contributed by atoms with van der Waals surface area (Å²) in [5.41, 5.74) is 1.89. The van der Waals surface area contributed by atoms with Crippen molar-refractivity contribution in [2.75, 3.05) is 11.9 Å². The lowest BCUT2D eigenvalue weighted by molar-refractivity contribution is 0.318. The maximum atomic E-state index is 13.4. The van der Waals surface area contributed by atoms with Gasteiger partial charge in [-0.1, -0.05) is 38.1 Å². The van der Waals surface area contributed by atoms with Crippen LogP contribution in [0.5, 0.6) is 5.75 Å². The van der Waals surface area contributed by atoms with E-state index < -0.39 is 0 Å². The van der Waals surface area contributed by atoms with E-state index in [4.69, 9.17) is 4.74 Å². The molecule has 0 heterocycles. The molecule has 0 saturated heterocycles. The summed E-state index contributed by atoms with van der Waals surface area (Å²) in [6.45, 7) is 4.85. The molecule has 0 fully saturated rings. The molecule has 0 aliphatic rings. The van der Waals surface area contributed by atoms with Gasteiger partial charge in [0.2, 0.25) is 0 Å². The van der Waals surface area contributed by atoms with Crippen LogP contribution in [0.4, 0.5) is 10.1 Å². The molecule has 0 aliphatic heterocycles. The molecule has 2 nitrogen and oxygen atoms in total. The Morgan fingerprint density at radius 2 is 1.90 bits per heavy atom. The second kappa shape index (κ2) is 7.67. The summed E-state index contributed by atoms with van der Waals surface area (Å²) in [7, 11) is 0. The molecule has 1 atom stereocenters. The third-order valence-corrected chi connectivity index (χ3v) is 3.34. The molecule has 21 heavy (non-hydrogen) atoms. The molecule has 2 rings (SSSR count). The van der Waals surface area contributed by atoms with Gasteiger partial charge in [0, 0.05) is 0 Å². The van der Waals surface area contributed by atoms with Crippen LogP contribution in [-0.2, 0) is 0 Å². The van der Waals surface area contributed by atoms with Crippen molar-refractivity contribution in [2.45, 2.75) is 32.7 Å². The second-order valence-corrected chi connectivity index (χ2v) is 5.00. The molecular weight excluding hydrogens is 265 g/mol. The van der Waals surface area contributed by atoms with Crippen molar-refractivity contribution in [3.63, 3.8) is 0 Å². The Morgan fingerprint density at radius 1 is 1.10 bits per heavy atom. The van der Waals surface area contributed by atoms with Crippen LogP contribution in [0.25, 0.3) is 0 Å². The summed E-state index contributed by atoms with van der Waals surface area (Å²) in [6, 6.07) is 14.7. The van der Waals surface area contributed by atoms with E-state index >= 15 is 0 Å². The fraction of sp³-hybridized carbons (Fsp3) is 0.333. The topological polar surface area (TPSA) is 21.3 Å². The zero-order valence-electron chi connectivity index (χ0n) is 12.6. The van der Waals surface area contributed by atoms with Crippen LogP contribution >= 0.6 is 0 Å². The number of hydrogen-bond donors (Lipinski definition) is 1. The monoisotopic (exact) mass is 287 g/mol. The van der Waals surface area contributed by atoms with Crippen molar-refractivity contribution in [3.8, 4) is 5.75 Å². The van der Waals surface area contributed by atoms with Gasteiger partial charge in [0.05, 0.1) is 18.3 Å². The van der Waals surface area contributed by atoms with E-state index in [1.165, 1.54) is 6.07 Å². The zero-order valence-corrected chi connectivity index (χ0v) is 12.6. The highest BCUT2D eigenvalue weighted by Gasteiger charge is 2.12. The fourth-order valence-corrected chi connectivity index (χ4v) is 2.26. The number of para-hydroxylation sites is 2. The zero-order chi connectivity index (χ0) is 15.1. The van der Waals surface area contributed by atoms with E-state index in [0.717, 1.165) is 29.8 Å². The number of nitrogens with one attached hydrogen (secondary N) is 1. The Kier molecular flexibility index (Phi) is 5.61. The number of ether oxygens (including phenoxy) is 1. The second-order valence-electron chi connectivity index (χ2n) is 5.00. The first-order valence-corrected chi connectivity index (χ1v) is 7.48. The number of halogens is 1. The fourth-order valence-electron chi connectivity index (χ4n) is 2.26. The van der Waals surface area contributed by atoms with Gasteiger partial charge >= 0.3 is 0 Å². The van der Waals surface area contributed by atoms with Crippen molar-refractivity contribution >= 4 is 5.69 Å². The van der Waals surface area contributed by atoms with E-state index in [9.17, 15) is 4.39 Å². The van der Waals surface area contributed by atoms with Crippen molar-refractivity contribution in [2.24, 2.45) is 0 Å². The summed E-state index contributed by atoms with van der Waals surface area (Å²) in [5.74, 6) is 0.637. The third-order valence-electron chi connectivity index (χ3n) is 3.34. The van der Waals surface area contributed by atoms with Gasteiger partial charge in [-0.25, -0.2) is 4.39 Å². The number of anilines is 1. The van der Waals surface area contributed by atoms with Crippen molar-refractivity contribution in [1.29, 1.82) is 0 Å². The van der Waals surface area contributed by atoms with Crippen LogP contribution in [0.1, 0.15) is 38.3 Å². The molecule has 0 aliphatic carbocycles. The Balaban J connectivity index is 2.18. The highest BCUT2D eigenvalue weighted by atomic mass is 19.1. The first-order chi connectivity index (χ1) is 10.2. The van der Waals surface area contributed by atoms with Crippen LogP contribution in [0.3, 0.4) is 0 Å². The predicted octanol–water partition coefficient (Wildman–Crippen LogP) is 5.18. The minimum absolute atomic E-state index is 0.0621. The van der Waals surface area contributed by atoms with Gasteiger partial charge in [-0.3, -0.25) is 0 Å². The first-order valence-electron chi connectivity index (χ1n) is 7.48. The summed E-state index contributed by atoms with van der Waals surface area (Å²) in [5, 5.41) is 3.46. The van der Waals surface area contributed by atoms with Gasteiger partial charge in [-0.2, -0.15) is 0 Å². The highest BCUT2D eigenvalue weighted by molar-refractivity contribution is 5.57. The molecular formula is C18H22FNO. The van der Waals surface area contributed by atoms with Crippen LogP contribution in [0.15, 0.2) is 48.5 Å². The summed E-state index contributed by atoms with van der Waals surface area (Å²) >= 11 is 0. The molecule has 0 aromatic heterocycles. The average molecular weight is 287 g/mol. The molecule has 1 N–H and O–H groups in total. The number of hydrogen-bond acceptors (Lipinski definition) is 2. The van der Waals surface area contributed by atoms with E-state index in [1.807, 2.05) is 30.3 Å². The van der Waals surface area contributed by atoms with Crippen molar-refractivity contribution in [3.05, 3.63) is 59.9 Å². The minimum atomic E-state index is -0.205. The lowest BCUT2D eigenvalue weighted by atomic mass is 10.0. The van der Waals surface area contributed by atoms with Gasteiger partial charge in [0.1, 0.15) is 11.6 Å². The van der Waals surface area contributed by atoms with Gasteiger partial charge in [-0.15, -0.1) is 0 Å².